The number of esters is 1. The molecule has 156 valence electrons. The Morgan fingerprint density at radius 1 is 1.07 bits per heavy atom. The molecule has 1 amide bonds. The summed E-state index contributed by atoms with van der Waals surface area (Å²) in [5, 5.41) is 4.34. The second kappa shape index (κ2) is 9.29. The van der Waals surface area contributed by atoms with Gasteiger partial charge in [-0.1, -0.05) is 26.8 Å². The zero-order chi connectivity index (χ0) is 21.7. The van der Waals surface area contributed by atoms with E-state index < -0.39 is 40.3 Å². The number of benzene rings is 1. The molecule has 1 aromatic carbocycles. The number of hydrogen-bond acceptors (Lipinski definition) is 7. The van der Waals surface area contributed by atoms with Crippen molar-refractivity contribution < 1.29 is 27.5 Å². The fourth-order valence-corrected chi connectivity index (χ4v) is 3.99. The molecular formula is C19H22N2O6S2. The summed E-state index contributed by atoms with van der Waals surface area (Å²) in [5.41, 5.74) is 0.292. The van der Waals surface area contributed by atoms with Gasteiger partial charge in [0.1, 0.15) is 10.8 Å². The van der Waals surface area contributed by atoms with E-state index in [4.69, 9.17) is 4.74 Å². The van der Waals surface area contributed by atoms with Crippen molar-refractivity contribution in [2.45, 2.75) is 25.0 Å². The maximum absolute atomic E-state index is 12.1. The molecule has 0 unspecified atom stereocenters. The molecule has 0 aliphatic rings. The van der Waals surface area contributed by atoms with E-state index in [1.165, 1.54) is 18.2 Å². The van der Waals surface area contributed by atoms with Gasteiger partial charge in [-0.25, -0.2) is 8.42 Å². The summed E-state index contributed by atoms with van der Waals surface area (Å²) >= 11 is 1.02. The van der Waals surface area contributed by atoms with Gasteiger partial charge in [-0.3, -0.25) is 14.4 Å². The van der Waals surface area contributed by atoms with Gasteiger partial charge in [0, 0.05) is 16.7 Å². The number of amides is 1. The molecule has 0 fully saturated rings. The van der Waals surface area contributed by atoms with Crippen molar-refractivity contribution in [3.63, 3.8) is 0 Å². The minimum Gasteiger partial charge on any atom is -0.456 e. The van der Waals surface area contributed by atoms with Crippen molar-refractivity contribution in [1.82, 2.24) is 4.72 Å². The molecule has 0 atom stereocenters. The molecule has 0 saturated carbocycles. The van der Waals surface area contributed by atoms with Crippen molar-refractivity contribution in [3.8, 4) is 0 Å². The van der Waals surface area contributed by atoms with Crippen LogP contribution in [0.25, 0.3) is 0 Å². The molecule has 0 aliphatic carbocycles. The Labute approximate surface area is 173 Å². The number of Topliss-reactive ketones (excluding diaryl/α,β-unsaturated/α-hetero) is 1. The lowest BCUT2D eigenvalue weighted by Gasteiger charge is -2.17. The Morgan fingerprint density at radius 3 is 2.28 bits per heavy atom. The third-order valence-electron chi connectivity index (χ3n) is 3.68. The summed E-state index contributed by atoms with van der Waals surface area (Å²) in [5.74, 6) is -1.48. The normalized spacial score (nSPS) is 11.7. The van der Waals surface area contributed by atoms with E-state index in [1.807, 2.05) is 0 Å². The van der Waals surface area contributed by atoms with Gasteiger partial charge in [0.25, 0.3) is 10.0 Å². The van der Waals surface area contributed by atoms with E-state index in [-0.39, 0.29) is 10.1 Å². The van der Waals surface area contributed by atoms with E-state index in [1.54, 1.807) is 44.4 Å². The van der Waals surface area contributed by atoms with Gasteiger partial charge in [-0.05, 0) is 35.7 Å². The highest BCUT2D eigenvalue weighted by atomic mass is 32.2. The van der Waals surface area contributed by atoms with Crippen LogP contribution in [0.2, 0.25) is 0 Å². The van der Waals surface area contributed by atoms with Gasteiger partial charge < -0.3 is 10.1 Å². The van der Waals surface area contributed by atoms with Gasteiger partial charge in [0.15, 0.2) is 12.4 Å². The standard InChI is InChI=1S/C19H22N2O6S2/c1-19(2,3)18(24)21-14-8-6-13(7-9-14)15(22)12-27-16(23)11-20-29(25,26)17-5-4-10-28-17/h4-10,20H,11-12H2,1-3H3,(H,21,24). The van der Waals surface area contributed by atoms with Crippen molar-refractivity contribution in [2.75, 3.05) is 18.5 Å². The first-order valence-electron chi connectivity index (χ1n) is 8.62. The molecule has 29 heavy (non-hydrogen) atoms. The van der Waals surface area contributed by atoms with Crippen LogP contribution in [-0.2, 0) is 24.3 Å². The minimum atomic E-state index is -3.78. The largest absolute Gasteiger partial charge is 0.456 e. The Morgan fingerprint density at radius 2 is 1.72 bits per heavy atom. The molecule has 2 rings (SSSR count). The fourth-order valence-electron chi connectivity index (χ4n) is 1.98. The first-order valence-corrected chi connectivity index (χ1v) is 11.0. The lowest BCUT2D eigenvalue weighted by atomic mass is 9.95. The number of carbonyl (C=O) groups is 3. The summed E-state index contributed by atoms with van der Waals surface area (Å²) in [7, 11) is -3.78. The Kier molecular flexibility index (Phi) is 7.28. The second-order valence-corrected chi connectivity index (χ2v) is 10.1. The summed E-state index contributed by atoms with van der Waals surface area (Å²) in [6.07, 6.45) is 0. The SMILES string of the molecule is CC(C)(C)C(=O)Nc1ccc(C(=O)COC(=O)CNS(=O)(=O)c2cccs2)cc1. The van der Waals surface area contributed by atoms with E-state index >= 15 is 0 Å². The predicted molar refractivity (Wildman–Crippen MR) is 109 cm³/mol. The lowest BCUT2D eigenvalue weighted by Crippen LogP contribution is -2.31. The zero-order valence-electron chi connectivity index (χ0n) is 16.2. The highest BCUT2D eigenvalue weighted by Gasteiger charge is 2.21. The number of thiophene rings is 1. The number of sulfonamides is 1. The molecule has 10 heteroatoms. The maximum atomic E-state index is 12.1. The van der Waals surface area contributed by atoms with Crippen molar-refractivity contribution in [3.05, 3.63) is 47.3 Å². The average Bonchev–Trinajstić information content (AvgIpc) is 3.20. The van der Waals surface area contributed by atoms with Crippen molar-refractivity contribution >= 4 is 44.7 Å². The minimum absolute atomic E-state index is 0.0833. The third kappa shape index (κ3) is 6.77. The maximum Gasteiger partial charge on any atom is 0.321 e. The molecular weight excluding hydrogens is 416 g/mol. The lowest BCUT2D eigenvalue weighted by molar-refractivity contribution is -0.141. The van der Waals surface area contributed by atoms with Crippen LogP contribution < -0.4 is 10.0 Å². The van der Waals surface area contributed by atoms with Crippen LogP contribution >= 0.6 is 11.3 Å². The average molecular weight is 439 g/mol. The quantitative estimate of drug-likeness (QED) is 0.483. The summed E-state index contributed by atoms with van der Waals surface area (Å²) < 4.78 is 30.9. The van der Waals surface area contributed by atoms with Gasteiger partial charge in [-0.2, -0.15) is 4.72 Å². The topological polar surface area (TPSA) is 119 Å². The van der Waals surface area contributed by atoms with Crippen LogP contribution in [0.15, 0.2) is 46.0 Å². The van der Waals surface area contributed by atoms with Gasteiger partial charge in [0.2, 0.25) is 5.91 Å². The predicted octanol–water partition coefficient (Wildman–Crippen LogP) is 2.44. The first-order chi connectivity index (χ1) is 13.5. The number of anilines is 1. The third-order valence-corrected chi connectivity index (χ3v) is 6.48. The van der Waals surface area contributed by atoms with Gasteiger partial charge in [-0.15, -0.1) is 11.3 Å². The smallest absolute Gasteiger partial charge is 0.321 e. The molecule has 0 spiro atoms. The number of hydrogen-bond donors (Lipinski definition) is 2. The molecule has 0 aliphatic heterocycles. The highest BCUT2D eigenvalue weighted by molar-refractivity contribution is 7.91. The molecule has 0 bridgehead atoms. The Bertz CT molecular complexity index is 975. The van der Waals surface area contributed by atoms with Gasteiger partial charge >= 0.3 is 5.97 Å². The van der Waals surface area contributed by atoms with Crippen LogP contribution in [-0.4, -0.2) is 39.2 Å². The van der Waals surface area contributed by atoms with Crippen LogP contribution in [0.5, 0.6) is 0 Å². The number of ketones is 1. The molecule has 8 nitrogen and oxygen atoms in total. The zero-order valence-corrected chi connectivity index (χ0v) is 17.9. The van der Waals surface area contributed by atoms with E-state index in [2.05, 4.69) is 10.0 Å². The Hall–Kier alpha value is -2.56. The number of rotatable bonds is 8. The van der Waals surface area contributed by atoms with Crippen LogP contribution in [0, 0.1) is 5.41 Å². The molecule has 0 radical (unpaired) electrons. The molecule has 2 N–H and O–H groups in total. The molecule has 0 saturated heterocycles. The van der Waals surface area contributed by atoms with Crippen molar-refractivity contribution in [2.24, 2.45) is 5.41 Å². The number of nitrogens with one attached hydrogen (secondary N) is 2. The van der Waals surface area contributed by atoms with Gasteiger partial charge in [0.05, 0.1) is 0 Å². The van der Waals surface area contributed by atoms with E-state index in [0.717, 1.165) is 11.3 Å². The summed E-state index contributed by atoms with van der Waals surface area (Å²) in [6.45, 7) is 4.26. The van der Waals surface area contributed by atoms with Crippen LogP contribution in [0.3, 0.4) is 0 Å². The van der Waals surface area contributed by atoms with Crippen molar-refractivity contribution in [1.29, 1.82) is 0 Å². The number of carbonyl (C=O) groups excluding carboxylic acids is 3. The molecule has 1 heterocycles. The highest BCUT2D eigenvalue weighted by Crippen LogP contribution is 2.18. The fraction of sp³-hybridized carbons (Fsp3) is 0.316. The monoisotopic (exact) mass is 438 g/mol. The molecule has 2 aromatic rings. The number of ether oxygens (including phenoxy) is 1. The Balaban J connectivity index is 1.82. The van der Waals surface area contributed by atoms with Crippen LogP contribution in [0.4, 0.5) is 5.69 Å². The summed E-state index contributed by atoms with van der Waals surface area (Å²) in [4.78, 5) is 35.8. The van der Waals surface area contributed by atoms with E-state index in [9.17, 15) is 22.8 Å². The molecule has 1 aromatic heterocycles. The first kappa shape index (κ1) is 22.7. The summed E-state index contributed by atoms with van der Waals surface area (Å²) in [6, 6.07) is 9.16. The van der Waals surface area contributed by atoms with E-state index in [0.29, 0.717) is 11.3 Å². The second-order valence-electron chi connectivity index (χ2n) is 7.12. The van der Waals surface area contributed by atoms with Crippen LogP contribution in [0.1, 0.15) is 31.1 Å².